The molecule has 0 aliphatic carbocycles. The van der Waals surface area contributed by atoms with Crippen LogP contribution in [-0.2, 0) is 11.2 Å². The number of benzene rings is 2. The van der Waals surface area contributed by atoms with Gasteiger partial charge in [-0.1, -0.05) is 36.4 Å². The number of hydrogen-bond acceptors (Lipinski definition) is 2. The van der Waals surface area contributed by atoms with Crippen molar-refractivity contribution in [2.45, 2.75) is 12.6 Å². The predicted molar refractivity (Wildman–Crippen MR) is 66.1 cm³/mol. The summed E-state index contributed by atoms with van der Waals surface area (Å²) in [5.41, 5.74) is 2.80. The van der Waals surface area contributed by atoms with E-state index >= 15 is 0 Å². The molecule has 1 heterocycles. The van der Waals surface area contributed by atoms with E-state index in [2.05, 4.69) is 0 Å². The maximum absolute atomic E-state index is 13.3. The van der Waals surface area contributed by atoms with Gasteiger partial charge in [-0.2, -0.15) is 0 Å². The second kappa shape index (κ2) is 4.26. The Morgan fingerprint density at radius 1 is 1.06 bits per heavy atom. The van der Waals surface area contributed by atoms with Crippen LogP contribution < -0.4 is 4.74 Å². The molecule has 0 bridgehead atoms. The standard InChI is InChI=1S/C15H11FO2/c16-13-9-12-8-11(10-4-2-1-3-5-10)6-7-14(12)18-15(13)17/h1-8,13H,9H2/t13-/m0/s1. The average molecular weight is 242 g/mol. The van der Waals surface area contributed by atoms with Gasteiger partial charge in [0, 0.05) is 6.42 Å². The minimum Gasteiger partial charge on any atom is -0.424 e. The third kappa shape index (κ3) is 1.88. The molecule has 0 amide bonds. The van der Waals surface area contributed by atoms with Crippen LogP contribution in [0.4, 0.5) is 4.39 Å². The summed E-state index contributed by atoms with van der Waals surface area (Å²) in [6.07, 6.45) is -1.46. The number of alkyl halides is 1. The van der Waals surface area contributed by atoms with Crippen molar-refractivity contribution in [3.05, 3.63) is 54.1 Å². The first-order chi connectivity index (χ1) is 8.74. The van der Waals surface area contributed by atoms with Crippen LogP contribution >= 0.6 is 0 Å². The van der Waals surface area contributed by atoms with E-state index in [4.69, 9.17) is 4.74 Å². The van der Waals surface area contributed by atoms with E-state index in [1.165, 1.54) is 0 Å². The summed E-state index contributed by atoms with van der Waals surface area (Å²) in [4.78, 5) is 11.1. The SMILES string of the molecule is O=C1Oc2ccc(-c3ccccc3)cc2C[C@@H]1F. The van der Waals surface area contributed by atoms with Gasteiger partial charge in [-0.05, 0) is 28.8 Å². The molecule has 90 valence electrons. The molecule has 0 saturated carbocycles. The number of halogens is 1. The van der Waals surface area contributed by atoms with Gasteiger partial charge in [-0.15, -0.1) is 0 Å². The van der Waals surface area contributed by atoms with Crippen molar-refractivity contribution >= 4 is 5.97 Å². The summed E-state index contributed by atoms with van der Waals surface area (Å²) >= 11 is 0. The van der Waals surface area contributed by atoms with Gasteiger partial charge < -0.3 is 4.74 Å². The molecule has 0 fully saturated rings. The quantitative estimate of drug-likeness (QED) is 0.567. The molecule has 0 N–H and O–H groups in total. The van der Waals surface area contributed by atoms with Crippen molar-refractivity contribution in [2.75, 3.05) is 0 Å². The Kier molecular flexibility index (Phi) is 2.59. The van der Waals surface area contributed by atoms with E-state index in [1.807, 2.05) is 42.5 Å². The molecule has 3 rings (SSSR count). The van der Waals surface area contributed by atoms with Gasteiger partial charge in [0.1, 0.15) is 5.75 Å². The van der Waals surface area contributed by atoms with Crippen LogP contribution in [0.25, 0.3) is 11.1 Å². The first-order valence-corrected chi connectivity index (χ1v) is 5.78. The van der Waals surface area contributed by atoms with Crippen LogP contribution in [0.2, 0.25) is 0 Å². The van der Waals surface area contributed by atoms with Gasteiger partial charge >= 0.3 is 5.97 Å². The van der Waals surface area contributed by atoms with Gasteiger partial charge in [-0.25, -0.2) is 9.18 Å². The second-order valence-corrected chi connectivity index (χ2v) is 4.28. The molecule has 0 aromatic heterocycles. The van der Waals surface area contributed by atoms with Crippen LogP contribution in [0.5, 0.6) is 5.75 Å². The third-order valence-corrected chi connectivity index (χ3v) is 3.03. The number of carbonyl (C=O) groups is 1. The van der Waals surface area contributed by atoms with Gasteiger partial charge in [0.05, 0.1) is 0 Å². The fraction of sp³-hybridized carbons (Fsp3) is 0.133. The minimum absolute atomic E-state index is 0.0921. The van der Waals surface area contributed by atoms with Crippen molar-refractivity contribution in [2.24, 2.45) is 0 Å². The fourth-order valence-corrected chi connectivity index (χ4v) is 2.10. The molecule has 18 heavy (non-hydrogen) atoms. The van der Waals surface area contributed by atoms with E-state index in [9.17, 15) is 9.18 Å². The molecule has 3 heteroatoms. The number of rotatable bonds is 1. The second-order valence-electron chi connectivity index (χ2n) is 4.28. The average Bonchev–Trinajstić information content (AvgIpc) is 2.41. The summed E-state index contributed by atoms with van der Waals surface area (Å²) in [6.45, 7) is 0. The van der Waals surface area contributed by atoms with Crippen LogP contribution in [0, 0.1) is 0 Å². The lowest BCUT2D eigenvalue weighted by Gasteiger charge is -2.19. The molecule has 1 aliphatic heterocycles. The summed E-state index contributed by atoms with van der Waals surface area (Å²) in [5.74, 6) is -0.330. The molecule has 2 aromatic carbocycles. The van der Waals surface area contributed by atoms with Gasteiger partial charge in [0.2, 0.25) is 6.17 Å². The van der Waals surface area contributed by atoms with E-state index in [1.54, 1.807) is 6.07 Å². The predicted octanol–water partition coefficient (Wildman–Crippen LogP) is 3.15. The van der Waals surface area contributed by atoms with Crippen LogP contribution in [0.15, 0.2) is 48.5 Å². The zero-order chi connectivity index (χ0) is 12.5. The number of esters is 1. The van der Waals surface area contributed by atoms with E-state index in [0.29, 0.717) is 5.75 Å². The number of carbonyl (C=O) groups excluding carboxylic acids is 1. The zero-order valence-corrected chi connectivity index (χ0v) is 9.60. The Labute approximate surface area is 104 Å². The van der Waals surface area contributed by atoms with Gasteiger partial charge in [-0.3, -0.25) is 0 Å². The molecule has 0 radical (unpaired) electrons. The molecule has 0 saturated heterocycles. The monoisotopic (exact) mass is 242 g/mol. The van der Waals surface area contributed by atoms with Crippen molar-refractivity contribution in [1.29, 1.82) is 0 Å². The summed E-state index contributed by atoms with van der Waals surface area (Å²) in [7, 11) is 0. The highest BCUT2D eigenvalue weighted by Crippen LogP contribution is 2.31. The molecular weight excluding hydrogens is 231 g/mol. The lowest BCUT2D eigenvalue weighted by Crippen LogP contribution is -2.28. The Bertz CT molecular complexity index is 593. The maximum atomic E-state index is 13.3. The molecule has 2 aromatic rings. The van der Waals surface area contributed by atoms with Gasteiger partial charge in [0.15, 0.2) is 0 Å². The van der Waals surface area contributed by atoms with Crippen molar-refractivity contribution < 1.29 is 13.9 Å². The zero-order valence-electron chi connectivity index (χ0n) is 9.60. The third-order valence-electron chi connectivity index (χ3n) is 3.03. The number of fused-ring (bicyclic) bond motifs is 1. The Morgan fingerprint density at radius 3 is 2.61 bits per heavy atom. The normalized spacial score (nSPS) is 18.1. The van der Waals surface area contributed by atoms with Crippen molar-refractivity contribution in [3.8, 4) is 16.9 Å². The van der Waals surface area contributed by atoms with Crippen LogP contribution in [-0.4, -0.2) is 12.1 Å². The number of hydrogen-bond donors (Lipinski definition) is 0. The first-order valence-electron chi connectivity index (χ1n) is 5.78. The van der Waals surface area contributed by atoms with E-state index in [-0.39, 0.29) is 6.42 Å². The van der Waals surface area contributed by atoms with Gasteiger partial charge in [0.25, 0.3) is 0 Å². The van der Waals surface area contributed by atoms with E-state index in [0.717, 1.165) is 16.7 Å². The van der Waals surface area contributed by atoms with Crippen LogP contribution in [0.1, 0.15) is 5.56 Å². The largest absolute Gasteiger partial charge is 0.424 e. The highest BCUT2D eigenvalue weighted by Gasteiger charge is 2.28. The Morgan fingerprint density at radius 2 is 1.83 bits per heavy atom. The highest BCUT2D eigenvalue weighted by molar-refractivity contribution is 5.80. The number of ether oxygens (including phenoxy) is 1. The topological polar surface area (TPSA) is 26.3 Å². The summed E-state index contributed by atoms with van der Waals surface area (Å²) < 4.78 is 18.2. The molecule has 2 nitrogen and oxygen atoms in total. The lowest BCUT2D eigenvalue weighted by atomic mass is 9.98. The smallest absolute Gasteiger partial charge is 0.346 e. The van der Waals surface area contributed by atoms with Crippen LogP contribution in [0.3, 0.4) is 0 Å². The fourth-order valence-electron chi connectivity index (χ4n) is 2.10. The van der Waals surface area contributed by atoms with Crippen molar-refractivity contribution in [3.63, 3.8) is 0 Å². The summed E-state index contributed by atoms with van der Waals surface area (Å²) in [6, 6.07) is 15.3. The van der Waals surface area contributed by atoms with E-state index < -0.39 is 12.1 Å². The minimum atomic E-state index is -1.55. The Hall–Kier alpha value is -2.16. The molecule has 0 spiro atoms. The Balaban J connectivity index is 2.02. The molecule has 1 aliphatic rings. The van der Waals surface area contributed by atoms with Crippen molar-refractivity contribution in [1.82, 2.24) is 0 Å². The molecule has 1 atom stereocenters. The lowest BCUT2D eigenvalue weighted by molar-refractivity contribution is -0.141. The maximum Gasteiger partial charge on any atom is 0.346 e. The highest BCUT2D eigenvalue weighted by atomic mass is 19.1. The summed E-state index contributed by atoms with van der Waals surface area (Å²) in [5, 5.41) is 0. The molecular formula is C15H11FO2. The molecule has 0 unspecified atom stereocenters. The first kappa shape index (κ1) is 11.0.